The Balaban J connectivity index is 1.58. The highest BCUT2D eigenvalue weighted by Gasteiger charge is 2.14. The Kier molecular flexibility index (Phi) is 4.12. The van der Waals surface area contributed by atoms with Crippen LogP contribution in [0.1, 0.15) is 5.69 Å². The van der Waals surface area contributed by atoms with E-state index in [0.29, 0.717) is 11.5 Å². The lowest BCUT2D eigenvalue weighted by Crippen LogP contribution is -2.12. The van der Waals surface area contributed by atoms with E-state index in [2.05, 4.69) is 14.7 Å². The minimum absolute atomic E-state index is 0.00484. The largest absolute Gasteiger partial charge is 0.291 e. The zero-order chi connectivity index (χ0) is 19.0. The van der Waals surface area contributed by atoms with Gasteiger partial charge >= 0.3 is 0 Å². The van der Waals surface area contributed by atoms with Gasteiger partial charge in [0.05, 0.1) is 10.6 Å². The summed E-state index contributed by atoms with van der Waals surface area (Å²) < 4.78 is 42.0. The molecular formula is C19H15FN4O2S. The quantitative estimate of drug-likeness (QED) is 0.585. The topological polar surface area (TPSA) is 76.4 Å². The number of nitrogens with zero attached hydrogens (tertiary/aromatic N) is 3. The van der Waals surface area contributed by atoms with Gasteiger partial charge in [-0.25, -0.2) is 22.8 Å². The highest BCUT2D eigenvalue weighted by Crippen LogP contribution is 2.23. The van der Waals surface area contributed by atoms with Crippen molar-refractivity contribution in [3.8, 4) is 11.3 Å². The first-order valence-electron chi connectivity index (χ1n) is 8.12. The third-order valence-corrected chi connectivity index (χ3v) is 5.42. The monoisotopic (exact) mass is 382 g/mol. The summed E-state index contributed by atoms with van der Waals surface area (Å²) in [4.78, 5) is 8.84. The Labute approximate surface area is 155 Å². The summed E-state index contributed by atoms with van der Waals surface area (Å²) in [5.74, 6) is 0.113. The second-order valence-corrected chi connectivity index (χ2v) is 7.72. The maximum absolute atomic E-state index is 13.0. The summed E-state index contributed by atoms with van der Waals surface area (Å²) in [6.45, 7) is 1.90. The maximum atomic E-state index is 13.0. The summed E-state index contributed by atoms with van der Waals surface area (Å²) in [5, 5.41) is 0. The van der Waals surface area contributed by atoms with Gasteiger partial charge in [0.1, 0.15) is 5.82 Å². The van der Waals surface area contributed by atoms with Crippen LogP contribution in [0.2, 0.25) is 0 Å². The van der Waals surface area contributed by atoms with Gasteiger partial charge in [-0.15, -0.1) is 0 Å². The van der Waals surface area contributed by atoms with Gasteiger partial charge in [0, 0.05) is 29.3 Å². The molecule has 1 N–H and O–H groups in total. The fourth-order valence-electron chi connectivity index (χ4n) is 2.64. The van der Waals surface area contributed by atoms with Crippen LogP contribution in [-0.4, -0.2) is 22.8 Å². The fourth-order valence-corrected chi connectivity index (χ4v) is 3.69. The molecule has 0 spiro atoms. The van der Waals surface area contributed by atoms with E-state index < -0.39 is 15.8 Å². The van der Waals surface area contributed by atoms with E-state index in [9.17, 15) is 12.8 Å². The molecule has 0 bridgehead atoms. The number of aryl methyl sites for hydroxylation is 1. The van der Waals surface area contributed by atoms with Crippen LogP contribution in [0.25, 0.3) is 17.0 Å². The number of halogens is 1. The average Bonchev–Trinajstić information content (AvgIpc) is 3.05. The predicted molar refractivity (Wildman–Crippen MR) is 100 cm³/mol. The smallest absolute Gasteiger partial charge is 0.261 e. The number of fused-ring (bicyclic) bond motifs is 1. The molecule has 0 atom stereocenters. The molecule has 2 aromatic heterocycles. The highest BCUT2D eigenvalue weighted by atomic mass is 32.2. The van der Waals surface area contributed by atoms with Crippen molar-refractivity contribution in [2.75, 3.05) is 4.72 Å². The van der Waals surface area contributed by atoms with E-state index >= 15 is 0 Å². The van der Waals surface area contributed by atoms with Crippen LogP contribution in [0.5, 0.6) is 0 Å². The molecule has 0 saturated heterocycles. The summed E-state index contributed by atoms with van der Waals surface area (Å²) in [6, 6.07) is 13.4. The van der Waals surface area contributed by atoms with Crippen molar-refractivity contribution in [2.24, 2.45) is 0 Å². The SMILES string of the molecule is Cc1ccn2cc(-c3ccc(NS(=O)(=O)c4ccc(F)cc4)cc3)nc2n1. The number of imidazole rings is 1. The number of anilines is 1. The lowest BCUT2D eigenvalue weighted by molar-refractivity contribution is 0.599. The fraction of sp³-hybridized carbons (Fsp3) is 0.0526. The van der Waals surface area contributed by atoms with Crippen molar-refractivity contribution >= 4 is 21.5 Å². The van der Waals surface area contributed by atoms with Gasteiger partial charge in [0.15, 0.2) is 0 Å². The molecule has 0 aliphatic heterocycles. The van der Waals surface area contributed by atoms with E-state index in [1.165, 1.54) is 12.1 Å². The molecule has 27 heavy (non-hydrogen) atoms. The summed E-state index contributed by atoms with van der Waals surface area (Å²) >= 11 is 0. The van der Waals surface area contributed by atoms with Gasteiger partial charge in [-0.1, -0.05) is 12.1 Å². The number of benzene rings is 2. The predicted octanol–water partition coefficient (Wildman–Crippen LogP) is 3.64. The number of nitrogens with one attached hydrogen (secondary N) is 1. The van der Waals surface area contributed by atoms with Gasteiger partial charge in [-0.3, -0.25) is 9.12 Å². The first-order valence-corrected chi connectivity index (χ1v) is 9.60. The van der Waals surface area contributed by atoms with Gasteiger partial charge in [0.2, 0.25) is 5.78 Å². The van der Waals surface area contributed by atoms with Crippen LogP contribution < -0.4 is 4.72 Å². The lowest BCUT2D eigenvalue weighted by atomic mass is 10.1. The van der Waals surface area contributed by atoms with Gasteiger partial charge in [-0.2, -0.15) is 0 Å². The highest BCUT2D eigenvalue weighted by molar-refractivity contribution is 7.92. The first kappa shape index (κ1) is 17.2. The zero-order valence-corrected chi connectivity index (χ0v) is 15.1. The molecule has 8 heteroatoms. The van der Waals surface area contributed by atoms with Crippen molar-refractivity contribution in [3.63, 3.8) is 0 Å². The molecule has 4 rings (SSSR count). The van der Waals surface area contributed by atoms with E-state index in [4.69, 9.17) is 0 Å². The van der Waals surface area contributed by atoms with Gasteiger partial charge in [-0.05, 0) is 49.4 Å². The second-order valence-electron chi connectivity index (χ2n) is 6.04. The molecular weight excluding hydrogens is 367 g/mol. The summed E-state index contributed by atoms with van der Waals surface area (Å²) in [7, 11) is -3.78. The van der Waals surface area contributed by atoms with Crippen molar-refractivity contribution in [2.45, 2.75) is 11.8 Å². The molecule has 0 fully saturated rings. The molecule has 4 aromatic rings. The summed E-state index contributed by atoms with van der Waals surface area (Å²) in [6.07, 6.45) is 3.75. The Morgan fingerprint density at radius 2 is 1.67 bits per heavy atom. The summed E-state index contributed by atoms with van der Waals surface area (Å²) in [5.41, 5.74) is 2.86. The van der Waals surface area contributed by atoms with Gasteiger partial charge < -0.3 is 0 Å². The van der Waals surface area contributed by atoms with Crippen LogP contribution in [-0.2, 0) is 10.0 Å². The minimum atomic E-state index is -3.78. The van der Waals surface area contributed by atoms with Crippen LogP contribution >= 0.6 is 0 Å². The third-order valence-electron chi connectivity index (χ3n) is 4.02. The Morgan fingerprint density at radius 1 is 0.963 bits per heavy atom. The number of hydrogen-bond donors (Lipinski definition) is 1. The first-order chi connectivity index (χ1) is 12.9. The Morgan fingerprint density at radius 3 is 2.37 bits per heavy atom. The van der Waals surface area contributed by atoms with Gasteiger partial charge in [0.25, 0.3) is 10.0 Å². The van der Waals surface area contributed by atoms with Crippen molar-refractivity contribution < 1.29 is 12.8 Å². The van der Waals surface area contributed by atoms with Crippen LogP contribution in [0.15, 0.2) is 71.9 Å². The van der Waals surface area contributed by atoms with Crippen molar-refractivity contribution in [3.05, 3.63) is 78.5 Å². The molecule has 0 aliphatic carbocycles. The van der Waals surface area contributed by atoms with Crippen molar-refractivity contribution in [1.82, 2.24) is 14.4 Å². The molecule has 2 heterocycles. The average molecular weight is 382 g/mol. The van der Waals surface area contributed by atoms with E-state index in [1.807, 2.05) is 29.8 Å². The molecule has 2 aromatic carbocycles. The van der Waals surface area contributed by atoms with E-state index in [0.717, 1.165) is 29.1 Å². The van der Waals surface area contributed by atoms with E-state index in [-0.39, 0.29) is 4.90 Å². The molecule has 6 nitrogen and oxygen atoms in total. The molecule has 0 saturated carbocycles. The molecule has 0 unspecified atom stereocenters. The number of rotatable bonds is 4. The second kappa shape index (κ2) is 6.48. The third kappa shape index (κ3) is 3.52. The molecule has 0 amide bonds. The maximum Gasteiger partial charge on any atom is 0.261 e. The zero-order valence-electron chi connectivity index (χ0n) is 14.3. The van der Waals surface area contributed by atoms with Crippen LogP contribution in [0, 0.1) is 12.7 Å². The number of hydrogen-bond acceptors (Lipinski definition) is 4. The molecule has 0 radical (unpaired) electrons. The molecule has 136 valence electrons. The minimum Gasteiger partial charge on any atom is -0.291 e. The van der Waals surface area contributed by atoms with Crippen LogP contribution in [0.3, 0.4) is 0 Å². The van der Waals surface area contributed by atoms with Crippen molar-refractivity contribution in [1.29, 1.82) is 0 Å². The Hall–Kier alpha value is -3.26. The van der Waals surface area contributed by atoms with E-state index in [1.54, 1.807) is 24.3 Å². The van der Waals surface area contributed by atoms with Crippen LogP contribution in [0.4, 0.5) is 10.1 Å². The Bertz CT molecular complexity index is 1220. The standard InChI is InChI=1S/C19H15FN4O2S/c1-13-10-11-24-12-18(22-19(24)21-13)14-2-6-16(7-3-14)23-27(25,26)17-8-4-15(20)5-9-17/h2-12,23H,1H3. The lowest BCUT2D eigenvalue weighted by Gasteiger charge is -2.08. The number of sulfonamides is 1. The normalized spacial score (nSPS) is 11.6. The molecule has 0 aliphatic rings. The number of aromatic nitrogens is 3.